The summed E-state index contributed by atoms with van der Waals surface area (Å²) in [7, 11) is 0. The van der Waals surface area contributed by atoms with Gasteiger partial charge in [0.15, 0.2) is 0 Å². The lowest BCUT2D eigenvalue weighted by Crippen LogP contribution is -1.72. The molecule has 0 heterocycles. The summed E-state index contributed by atoms with van der Waals surface area (Å²) in [6.45, 7) is 0. The van der Waals surface area contributed by atoms with Crippen molar-refractivity contribution in [2.45, 2.75) is 11.3 Å². The van der Waals surface area contributed by atoms with Crippen molar-refractivity contribution in [3.63, 3.8) is 0 Å². The van der Waals surface area contributed by atoms with Crippen LogP contribution in [0.5, 0.6) is 0 Å². The first kappa shape index (κ1) is 9.87. The Morgan fingerprint density at radius 3 is 2.92 bits per heavy atom. The molecule has 0 bridgehead atoms. The number of rotatable bonds is 3. The Labute approximate surface area is 87.2 Å². The SMILES string of the molecule is Sc1cccc(C=CCCBr)c1. The normalized spacial score (nSPS) is 10.8. The first-order valence-electron chi connectivity index (χ1n) is 3.84. The van der Waals surface area contributed by atoms with Crippen molar-refractivity contribution in [3.05, 3.63) is 35.9 Å². The molecule has 1 aromatic carbocycles. The highest BCUT2D eigenvalue weighted by atomic mass is 79.9. The number of thiol groups is 1. The van der Waals surface area contributed by atoms with Crippen LogP contribution in [0.15, 0.2) is 35.2 Å². The van der Waals surface area contributed by atoms with Gasteiger partial charge in [0.1, 0.15) is 0 Å². The molecule has 0 aromatic heterocycles. The van der Waals surface area contributed by atoms with E-state index >= 15 is 0 Å². The van der Waals surface area contributed by atoms with Crippen molar-refractivity contribution in [1.82, 2.24) is 0 Å². The first-order chi connectivity index (χ1) is 5.83. The minimum absolute atomic E-state index is 1.01. The summed E-state index contributed by atoms with van der Waals surface area (Å²) in [5.74, 6) is 0. The predicted octanol–water partition coefficient (Wildman–Crippen LogP) is 3.77. The Morgan fingerprint density at radius 2 is 2.25 bits per heavy atom. The second-order valence-corrected chi connectivity index (χ2v) is 3.78. The lowest BCUT2D eigenvalue weighted by atomic mass is 10.2. The molecular weight excluding hydrogens is 232 g/mol. The number of hydrogen-bond donors (Lipinski definition) is 1. The molecule has 64 valence electrons. The van der Waals surface area contributed by atoms with Crippen LogP contribution in [0.25, 0.3) is 6.08 Å². The van der Waals surface area contributed by atoms with Crippen LogP contribution in [0.3, 0.4) is 0 Å². The van der Waals surface area contributed by atoms with E-state index in [0.29, 0.717) is 0 Å². The van der Waals surface area contributed by atoms with E-state index in [9.17, 15) is 0 Å². The maximum atomic E-state index is 4.26. The molecule has 0 spiro atoms. The van der Waals surface area contributed by atoms with E-state index < -0.39 is 0 Å². The second-order valence-electron chi connectivity index (χ2n) is 2.48. The van der Waals surface area contributed by atoms with Gasteiger partial charge in [-0.3, -0.25) is 0 Å². The highest BCUT2D eigenvalue weighted by Gasteiger charge is 1.86. The number of alkyl halides is 1. The molecular formula is C10H11BrS. The van der Waals surface area contributed by atoms with Gasteiger partial charge in [-0.15, -0.1) is 12.6 Å². The molecule has 0 aliphatic carbocycles. The molecule has 2 heteroatoms. The fourth-order valence-electron chi connectivity index (χ4n) is 0.911. The van der Waals surface area contributed by atoms with Crippen molar-refractivity contribution in [3.8, 4) is 0 Å². The van der Waals surface area contributed by atoms with Gasteiger partial charge >= 0.3 is 0 Å². The van der Waals surface area contributed by atoms with Gasteiger partial charge in [-0.2, -0.15) is 0 Å². The lowest BCUT2D eigenvalue weighted by molar-refractivity contribution is 1.27. The van der Waals surface area contributed by atoms with Crippen LogP contribution < -0.4 is 0 Å². The lowest BCUT2D eigenvalue weighted by Gasteiger charge is -1.93. The molecule has 1 rings (SSSR count). The summed E-state index contributed by atoms with van der Waals surface area (Å²) in [6.07, 6.45) is 5.33. The zero-order valence-electron chi connectivity index (χ0n) is 6.70. The molecule has 0 amide bonds. The van der Waals surface area contributed by atoms with Crippen molar-refractivity contribution < 1.29 is 0 Å². The molecule has 0 nitrogen and oxygen atoms in total. The summed E-state index contributed by atoms with van der Waals surface area (Å²) in [6, 6.07) is 8.11. The number of halogens is 1. The zero-order chi connectivity index (χ0) is 8.81. The third kappa shape index (κ3) is 3.46. The van der Waals surface area contributed by atoms with Gasteiger partial charge in [-0.05, 0) is 24.1 Å². The molecule has 0 radical (unpaired) electrons. The van der Waals surface area contributed by atoms with Crippen LogP contribution >= 0.6 is 28.6 Å². The van der Waals surface area contributed by atoms with E-state index in [0.717, 1.165) is 16.6 Å². The molecule has 0 unspecified atom stereocenters. The van der Waals surface area contributed by atoms with Crippen LogP contribution in [0, 0.1) is 0 Å². The Kier molecular flexibility index (Phi) is 4.48. The van der Waals surface area contributed by atoms with Gasteiger partial charge in [0.2, 0.25) is 0 Å². The average Bonchev–Trinajstić information content (AvgIpc) is 2.05. The molecule has 12 heavy (non-hydrogen) atoms. The van der Waals surface area contributed by atoms with Gasteiger partial charge in [-0.1, -0.05) is 40.2 Å². The first-order valence-corrected chi connectivity index (χ1v) is 5.41. The van der Waals surface area contributed by atoms with E-state index in [1.807, 2.05) is 18.2 Å². The quantitative estimate of drug-likeness (QED) is 0.606. The maximum Gasteiger partial charge on any atom is 0.00660 e. The minimum Gasteiger partial charge on any atom is -0.143 e. The Hall–Kier alpha value is -0.210. The summed E-state index contributed by atoms with van der Waals surface area (Å²) in [5.41, 5.74) is 1.21. The molecule has 0 aliphatic heterocycles. The van der Waals surface area contributed by atoms with Gasteiger partial charge in [-0.25, -0.2) is 0 Å². The molecule has 0 aliphatic rings. The molecule has 1 aromatic rings. The van der Waals surface area contributed by atoms with Crippen molar-refractivity contribution in [2.24, 2.45) is 0 Å². The Morgan fingerprint density at radius 1 is 1.42 bits per heavy atom. The van der Waals surface area contributed by atoms with E-state index in [1.165, 1.54) is 5.56 Å². The van der Waals surface area contributed by atoms with Crippen molar-refractivity contribution in [2.75, 3.05) is 5.33 Å². The van der Waals surface area contributed by atoms with Crippen molar-refractivity contribution in [1.29, 1.82) is 0 Å². The third-order valence-electron chi connectivity index (χ3n) is 1.46. The summed E-state index contributed by atoms with van der Waals surface area (Å²) in [5, 5.41) is 1.02. The summed E-state index contributed by atoms with van der Waals surface area (Å²) in [4.78, 5) is 1.01. The topological polar surface area (TPSA) is 0 Å². The molecule has 0 N–H and O–H groups in total. The number of allylic oxidation sites excluding steroid dienone is 1. The Bertz CT molecular complexity index is 268. The maximum absolute atomic E-state index is 4.26. The van der Waals surface area contributed by atoms with E-state index in [1.54, 1.807) is 0 Å². The van der Waals surface area contributed by atoms with Crippen molar-refractivity contribution >= 4 is 34.6 Å². The average molecular weight is 243 g/mol. The van der Waals surface area contributed by atoms with Gasteiger partial charge in [0, 0.05) is 10.2 Å². The fraction of sp³-hybridized carbons (Fsp3) is 0.200. The standard InChI is InChI=1S/C10H11BrS/c11-7-2-1-4-9-5-3-6-10(12)8-9/h1,3-6,8,12H,2,7H2. The zero-order valence-corrected chi connectivity index (χ0v) is 9.18. The van der Waals surface area contributed by atoms with Crippen LogP contribution in [0.4, 0.5) is 0 Å². The highest BCUT2D eigenvalue weighted by Crippen LogP contribution is 2.10. The smallest absolute Gasteiger partial charge is 0.00660 e. The highest BCUT2D eigenvalue weighted by molar-refractivity contribution is 9.09. The van der Waals surface area contributed by atoms with Gasteiger partial charge < -0.3 is 0 Å². The van der Waals surface area contributed by atoms with Crippen LogP contribution in [-0.4, -0.2) is 5.33 Å². The number of benzene rings is 1. The second kappa shape index (κ2) is 5.44. The summed E-state index contributed by atoms with van der Waals surface area (Å²) < 4.78 is 0. The fourth-order valence-corrected chi connectivity index (χ4v) is 1.41. The molecule has 0 saturated carbocycles. The number of hydrogen-bond acceptors (Lipinski definition) is 1. The van der Waals surface area contributed by atoms with Gasteiger partial charge in [0.05, 0.1) is 0 Å². The van der Waals surface area contributed by atoms with E-state index in [2.05, 4.69) is 46.8 Å². The predicted molar refractivity (Wildman–Crippen MR) is 61.1 cm³/mol. The molecule has 0 atom stereocenters. The van der Waals surface area contributed by atoms with Crippen LogP contribution in [0.2, 0.25) is 0 Å². The van der Waals surface area contributed by atoms with Gasteiger partial charge in [0.25, 0.3) is 0 Å². The van der Waals surface area contributed by atoms with E-state index in [-0.39, 0.29) is 0 Å². The largest absolute Gasteiger partial charge is 0.143 e. The van der Waals surface area contributed by atoms with Crippen LogP contribution in [0.1, 0.15) is 12.0 Å². The van der Waals surface area contributed by atoms with E-state index in [4.69, 9.17) is 0 Å². The molecule has 0 fully saturated rings. The third-order valence-corrected chi connectivity index (χ3v) is 2.19. The monoisotopic (exact) mass is 242 g/mol. The minimum atomic E-state index is 1.01. The summed E-state index contributed by atoms with van der Waals surface area (Å²) >= 11 is 7.63. The Balaban J connectivity index is 2.63. The van der Waals surface area contributed by atoms with Crippen LogP contribution in [-0.2, 0) is 0 Å². The molecule has 0 saturated heterocycles.